The molecule has 306 valence electrons. The molecule has 2 aliphatic heterocycles. The summed E-state index contributed by atoms with van der Waals surface area (Å²) in [4.78, 5) is 77.0. The van der Waals surface area contributed by atoms with Crippen molar-refractivity contribution >= 4 is 45.9 Å². The monoisotopic (exact) mass is 793 g/mol. The molecule has 0 radical (unpaired) electrons. The van der Waals surface area contributed by atoms with Crippen LogP contribution < -0.4 is 5.32 Å². The lowest BCUT2D eigenvalue weighted by atomic mass is 9.89. The van der Waals surface area contributed by atoms with Crippen molar-refractivity contribution in [3.05, 3.63) is 126 Å². The zero-order chi connectivity index (χ0) is 41.6. The first-order chi connectivity index (χ1) is 28.5. The number of hydrogen-bond donors (Lipinski definition) is 2. The molecule has 4 atom stereocenters. The van der Waals surface area contributed by atoms with E-state index >= 15 is 0 Å². The molecule has 2 fully saturated rings. The normalized spacial score (nSPS) is 17.7. The summed E-state index contributed by atoms with van der Waals surface area (Å²) >= 11 is 0. The molecule has 0 unspecified atom stereocenters. The second kappa shape index (κ2) is 18.4. The highest BCUT2D eigenvalue weighted by Gasteiger charge is 2.39. The van der Waals surface area contributed by atoms with Crippen molar-refractivity contribution in [1.82, 2.24) is 19.7 Å². The third kappa shape index (κ3) is 9.55. The van der Waals surface area contributed by atoms with Gasteiger partial charge in [-0.3, -0.25) is 28.9 Å². The Morgan fingerprint density at radius 2 is 1.36 bits per heavy atom. The number of fused-ring (bicyclic) bond motifs is 1. The molecule has 0 spiro atoms. The van der Waals surface area contributed by atoms with Crippen LogP contribution in [-0.4, -0.2) is 88.2 Å². The summed E-state index contributed by atoms with van der Waals surface area (Å²) < 4.78 is 0. The van der Waals surface area contributed by atoms with E-state index in [0.717, 1.165) is 51.7 Å². The van der Waals surface area contributed by atoms with Crippen LogP contribution in [0.4, 0.5) is 5.69 Å². The molecule has 10 heteroatoms. The average Bonchev–Trinajstić information content (AvgIpc) is 4.01. The second-order valence-electron chi connectivity index (χ2n) is 16.8. The van der Waals surface area contributed by atoms with Gasteiger partial charge in [0.15, 0.2) is 5.78 Å². The van der Waals surface area contributed by atoms with Gasteiger partial charge < -0.3 is 20.1 Å². The minimum atomic E-state index is -0.606. The molecule has 7 rings (SSSR count). The quantitative estimate of drug-likeness (QED) is 0.111. The Bertz CT molecular complexity index is 2280. The van der Waals surface area contributed by atoms with Gasteiger partial charge in [0.1, 0.15) is 17.9 Å². The number of likely N-dealkylation sites (tertiary alicyclic amines) is 2. The van der Waals surface area contributed by atoms with E-state index in [4.69, 9.17) is 0 Å². The van der Waals surface area contributed by atoms with Crippen molar-refractivity contribution in [2.24, 2.45) is 5.92 Å². The standard InChI is InChI=1S/C49H55N5O5/c1-32(2)27-39(55)31-40(34-13-7-5-8-14-34)48(58)53-25-11-17-43(53)45(56)29-33-19-24-41-37(28-33)30-42(51-41)35-20-22-38(23-21-35)50-47(57)44-18-12-26-54(44)49(59)46(52(3)4)36-15-9-6-10-16-36/h5-10,13-16,19-24,28,30,32,40,43-44,46,51H,11-12,17-18,25-27,29,31H2,1-4H3,(H,50,57)/t40-,43+,44+,46-/m1/s1. The molecule has 2 N–H and O–H groups in total. The molecule has 0 aliphatic carbocycles. The minimum Gasteiger partial charge on any atom is -0.355 e. The number of hydrogen-bond acceptors (Lipinski definition) is 6. The van der Waals surface area contributed by atoms with Crippen molar-refractivity contribution in [3.8, 4) is 11.3 Å². The van der Waals surface area contributed by atoms with Crippen LogP contribution in [0.3, 0.4) is 0 Å². The van der Waals surface area contributed by atoms with E-state index in [1.54, 1.807) is 9.80 Å². The Morgan fingerprint density at radius 3 is 2.00 bits per heavy atom. The number of nitrogens with one attached hydrogen (secondary N) is 2. The average molecular weight is 794 g/mol. The highest BCUT2D eigenvalue weighted by atomic mass is 16.2. The van der Waals surface area contributed by atoms with E-state index in [0.29, 0.717) is 38.0 Å². The number of Topliss-reactive ketones (excluding diaryl/α,β-unsaturated/α-hetero) is 2. The fourth-order valence-corrected chi connectivity index (χ4v) is 8.85. The first kappa shape index (κ1) is 41.3. The Kier molecular flexibility index (Phi) is 12.9. The summed E-state index contributed by atoms with van der Waals surface area (Å²) in [6.07, 6.45) is 3.50. The van der Waals surface area contributed by atoms with Gasteiger partial charge in [0, 0.05) is 54.6 Å². The number of anilines is 1. The van der Waals surface area contributed by atoms with Gasteiger partial charge in [-0.05, 0) is 98.3 Å². The third-order valence-electron chi connectivity index (χ3n) is 11.7. The summed E-state index contributed by atoms with van der Waals surface area (Å²) in [5.41, 5.74) is 6.00. The van der Waals surface area contributed by atoms with Crippen LogP contribution in [0.2, 0.25) is 0 Å². The number of carbonyl (C=O) groups excluding carboxylic acids is 5. The van der Waals surface area contributed by atoms with Gasteiger partial charge in [-0.2, -0.15) is 0 Å². The molecule has 59 heavy (non-hydrogen) atoms. The number of benzene rings is 4. The van der Waals surface area contributed by atoms with Crippen molar-refractivity contribution in [2.45, 2.75) is 82.8 Å². The highest BCUT2D eigenvalue weighted by molar-refractivity contribution is 5.99. The maximum atomic E-state index is 14.1. The maximum absolute atomic E-state index is 14.1. The largest absolute Gasteiger partial charge is 0.355 e. The van der Waals surface area contributed by atoms with Gasteiger partial charge >= 0.3 is 0 Å². The molecule has 0 bridgehead atoms. The molecule has 3 heterocycles. The smallest absolute Gasteiger partial charge is 0.247 e. The number of amides is 3. The molecular formula is C49H55N5O5. The van der Waals surface area contributed by atoms with Crippen molar-refractivity contribution in [1.29, 1.82) is 0 Å². The van der Waals surface area contributed by atoms with Crippen LogP contribution in [0.25, 0.3) is 22.2 Å². The van der Waals surface area contributed by atoms with Crippen LogP contribution in [-0.2, 0) is 30.4 Å². The molecule has 0 saturated carbocycles. The number of carbonyl (C=O) groups is 5. The second-order valence-corrected chi connectivity index (χ2v) is 16.8. The highest BCUT2D eigenvalue weighted by Crippen LogP contribution is 2.32. The zero-order valence-electron chi connectivity index (χ0n) is 34.5. The van der Waals surface area contributed by atoms with E-state index in [-0.39, 0.29) is 48.0 Å². The predicted molar refractivity (Wildman–Crippen MR) is 232 cm³/mol. The van der Waals surface area contributed by atoms with Crippen molar-refractivity contribution in [2.75, 3.05) is 32.5 Å². The van der Waals surface area contributed by atoms with Gasteiger partial charge in [0.05, 0.1) is 12.0 Å². The lowest BCUT2D eigenvalue weighted by Gasteiger charge is -2.31. The summed E-state index contributed by atoms with van der Waals surface area (Å²) in [5.74, 6) is -0.750. The Labute approximate surface area is 347 Å². The third-order valence-corrected chi connectivity index (χ3v) is 11.7. The fourth-order valence-electron chi connectivity index (χ4n) is 8.85. The lowest BCUT2D eigenvalue weighted by Crippen LogP contribution is -2.47. The first-order valence-electron chi connectivity index (χ1n) is 20.9. The van der Waals surface area contributed by atoms with Gasteiger partial charge in [-0.1, -0.05) is 92.7 Å². The Morgan fingerprint density at radius 1 is 0.729 bits per heavy atom. The Hall–Kier alpha value is -5.87. The van der Waals surface area contributed by atoms with Crippen LogP contribution in [0.5, 0.6) is 0 Å². The van der Waals surface area contributed by atoms with E-state index in [9.17, 15) is 24.0 Å². The number of aromatic nitrogens is 1. The molecule has 3 amide bonds. The number of nitrogens with zero attached hydrogens (tertiary/aromatic N) is 3. The summed E-state index contributed by atoms with van der Waals surface area (Å²) in [7, 11) is 3.77. The van der Waals surface area contributed by atoms with Crippen LogP contribution in [0.15, 0.2) is 109 Å². The zero-order valence-corrected chi connectivity index (χ0v) is 34.5. The summed E-state index contributed by atoms with van der Waals surface area (Å²) in [6, 6.07) is 33.2. The van der Waals surface area contributed by atoms with Gasteiger partial charge in [-0.25, -0.2) is 0 Å². The molecule has 4 aromatic carbocycles. The number of H-pyrrole nitrogens is 1. The number of ketones is 2. The molecule has 2 aliphatic rings. The Balaban J connectivity index is 0.990. The topological polar surface area (TPSA) is 123 Å². The van der Waals surface area contributed by atoms with Crippen LogP contribution >= 0.6 is 0 Å². The number of rotatable bonds is 15. The summed E-state index contributed by atoms with van der Waals surface area (Å²) in [5, 5.41) is 4.01. The predicted octanol–water partition coefficient (Wildman–Crippen LogP) is 7.96. The SMILES string of the molecule is CC(C)CC(=O)C[C@@H](C(=O)N1CCC[C@H]1C(=O)Cc1ccc2[nH]c(-c3ccc(NC(=O)[C@@H]4CCCN4C(=O)[C@@H](c4ccccc4)N(C)C)cc3)cc2c1)c1ccccc1. The van der Waals surface area contributed by atoms with E-state index in [2.05, 4.69) is 16.4 Å². The van der Waals surface area contributed by atoms with E-state index in [1.807, 2.05) is 136 Å². The molecule has 1 aromatic heterocycles. The molecule has 5 aromatic rings. The number of likely N-dealkylation sites (N-methyl/N-ethyl adjacent to an activating group) is 1. The van der Waals surface area contributed by atoms with Gasteiger partial charge in [0.25, 0.3) is 0 Å². The van der Waals surface area contributed by atoms with Gasteiger partial charge in [0.2, 0.25) is 17.7 Å². The van der Waals surface area contributed by atoms with Gasteiger partial charge in [-0.15, -0.1) is 0 Å². The minimum absolute atomic E-state index is 0.00251. The lowest BCUT2D eigenvalue weighted by molar-refractivity contribution is -0.140. The van der Waals surface area contributed by atoms with Crippen molar-refractivity contribution in [3.63, 3.8) is 0 Å². The first-order valence-corrected chi connectivity index (χ1v) is 20.9. The van der Waals surface area contributed by atoms with Crippen molar-refractivity contribution < 1.29 is 24.0 Å². The van der Waals surface area contributed by atoms with Crippen LogP contribution in [0, 0.1) is 5.92 Å². The maximum Gasteiger partial charge on any atom is 0.247 e. The molecule has 10 nitrogen and oxygen atoms in total. The van der Waals surface area contributed by atoms with Crippen LogP contribution in [0.1, 0.15) is 81.0 Å². The number of aromatic amines is 1. The van der Waals surface area contributed by atoms with E-state index < -0.39 is 24.0 Å². The molecular weight excluding hydrogens is 739 g/mol. The fraction of sp³-hybridized carbons (Fsp3) is 0.367. The summed E-state index contributed by atoms with van der Waals surface area (Å²) in [6.45, 7) is 5.05. The molecule has 2 saturated heterocycles. The van der Waals surface area contributed by atoms with E-state index in [1.165, 1.54) is 0 Å².